The van der Waals surface area contributed by atoms with Crippen LogP contribution in [0.3, 0.4) is 0 Å². The maximum Gasteiger partial charge on any atom is 0.167 e. The zero-order valence-electron chi connectivity index (χ0n) is 9.81. The highest BCUT2D eigenvalue weighted by Gasteiger charge is 2.16. The minimum absolute atomic E-state index is 0.0474. The Kier molecular flexibility index (Phi) is 6.74. The maximum absolute atomic E-state index is 13.4. The number of anilines is 1. The standard InChI is InChI=1S/C10H11ClFNO.C2H6/c1-2-3-8(14)9-6(11)4-5-7(13)10(9)12;1-2/h4-5H,2-3,13H2,1H3;1-2H3. The van der Waals surface area contributed by atoms with Crippen molar-refractivity contribution in [1.82, 2.24) is 0 Å². The third-order valence-corrected chi connectivity index (χ3v) is 2.19. The number of ketones is 1. The Morgan fingerprint density at radius 2 is 2.00 bits per heavy atom. The van der Waals surface area contributed by atoms with Gasteiger partial charge in [-0.3, -0.25) is 4.79 Å². The van der Waals surface area contributed by atoms with Gasteiger partial charge in [0.1, 0.15) is 0 Å². The number of nitrogen functional groups attached to an aromatic ring is 1. The molecule has 4 heteroatoms. The number of benzene rings is 1. The number of carbonyl (C=O) groups is 1. The van der Waals surface area contributed by atoms with E-state index >= 15 is 0 Å². The first-order valence-corrected chi connectivity index (χ1v) is 5.72. The van der Waals surface area contributed by atoms with Crippen molar-refractivity contribution in [2.24, 2.45) is 0 Å². The van der Waals surface area contributed by atoms with Gasteiger partial charge in [-0.05, 0) is 18.6 Å². The van der Waals surface area contributed by atoms with Crippen LogP contribution >= 0.6 is 11.6 Å². The summed E-state index contributed by atoms with van der Waals surface area (Å²) < 4.78 is 13.4. The SMILES string of the molecule is CC.CCCC(=O)c1c(Cl)ccc(N)c1F. The molecule has 0 aliphatic rings. The lowest BCUT2D eigenvalue weighted by molar-refractivity contribution is 0.0978. The van der Waals surface area contributed by atoms with E-state index in [1.165, 1.54) is 12.1 Å². The zero-order valence-corrected chi connectivity index (χ0v) is 10.6. The molecule has 0 unspecified atom stereocenters. The monoisotopic (exact) mass is 245 g/mol. The van der Waals surface area contributed by atoms with Gasteiger partial charge in [-0.15, -0.1) is 0 Å². The molecule has 2 N–H and O–H groups in total. The fourth-order valence-electron chi connectivity index (χ4n) is 1.18. The van der Waals surface area contributed by atoms with Crippen LogP contribution in [0, 0.1) is 5.82 Å². The van der Waals surface area contributed by atoms with E-state index in [4.69, 9.17) is 17.3 Å². The lowest BCUT2D eigenvalue weighted by atomic mass is 10.1. The van der Waals surface area contributed by atoms with Crippen LogP contribution < -0.4 is 5.73 Å². The normalized spacial score (nSPS) is 9.31. The van der Waals surface area contributed by atoms with E-state index in [0.717, 1.165) is 0 Å². The number of halogens is 2. The first-order chi connectivity index (χ1) is 7.57. The average Bonchev–Trinajstić information content (AvgIpc) is 2.27. The number of carbonyl (C=O) groups excluding carboxylic acids is 1. The molecule has 90 valence electrons. The third kappa shape index (κ3) is 3.49. The molecular weight excluding hydrogens is 229 g/mol. The highest BCUT2D eigenvalue weighted by molar-refractivity contribution is 6.34. The van der Waals surface area contributed by atoms with Gasteiger partial charge in [0.25, 0.3) is 0 Å². The molecule has 0 amide bonds. The summed E-state index contributed by atoms with van der Waals surface area (Å²) in [6, 6.07) is 2.78. The quantitative estimate of drug-likeness (QED) is 0.644. The molecule has 1 aromatic carbocycles. The van der Waals surface area contributed by atoms with E-state index in [1.54, 1.807) is 0 Å². The Labute approximate surface area is 101 Å². The average molecular weight is 246 g/mol. The third-order valence-electron chi connectivity index (χ3n) is 1.88. The first kappa shape index (κ1) is 14.9. The molecule has 0 heterocycles. The topological polar surface area (TPSA) is 43.1 Å². The van der Waals surface area contributed by atoms with Gasteiger partial charge in [0.05, 0.1) is 16.3 Å². The van der Waals surface area contributed by atoms with E-state index < -0.39 is 5.82 Å². The molecular formula is C12H17ClFNO. The summed E-state index contributed by atoms with van der Waals surface area (Å²) in [5, 5.41) is 0.121. The maximum atomic E-state index is 13.4. The largest absolute Gasteiger partial charge is 0.396 e. The van der Waals surface area contributed by atoms with Gasteiger partial charge in [0.2, 0.25) is 0 Å². The fraction of sp³-hybridized carbons (Fsp3) is 0.417. The van der Waals surface area contributed by atoms with Crippen LogP contribution in [0.4, 0.5) is 10.1 Å². The van der Waals surface area contributed by atoms with Crippen molar-refractivity contribution in [2.45, 2.75) is 33.6 Å². The number of nitrogens with two attached hydrogens (primary N) is 1. The summed E-state index contributed by atoms with van der Waals surface area (Å²) in [4.78, 5) is 11.5. The zero-order chi connectivity index (χ0) is 12.7. The molecule has 1 rings (SSSR count). The van der Waals surface area contributed by atoms with Crippen LogP contribution in [0.2, 0.25) is 5.02 Å². The molecule has 0 fully saturated rings. The van der Waals surface area contributed by atoms with Gasteiger partial charge in [-0.1, -0.05) is 32.4 Å². The number of rotatable bonds is 3. The van der Waals surface area contributed by atoms with Gasteiger partial charge in [0, 0.05) is 6.42 Å². The minimum atomic E-state index is -0.712. The number of Topliss-reactive ketones (excluding diaryl/α,β-unsaturated/α-hetero) is 1. The van der Waals surface area contributed by atoms with Crippen LogP contribution in [0.5, 0.6) is 0 Å². The fourth-order valence-corrected chi connectivity index (χ4v) is 1.43. The molecule has 1 aromatic rings. The summed E-state index contributed by atoms with van der Waals surface area (Å²) >= 11 is 5.72. The van der Waals surface area contributed by atoms with Crippen LogP contribution in [0.15, 0.2) is 12.1 Å². The van der Waals surface area contributed by atoms with Crippen LogP contribution in [-0.4, -0.2) is 5.78 Å². The van der Waals surface area contributed by atoms with Crippen LogP contribution in [0.1, 0.15) is 44.0 Å². The predicted octanol–water partition coefficient (Wildman–Crippen LogP) is 4.07. The Morgan fingerprint density at radius 1 is 1.44 bits per heavy atom. The molecule has 0 aliphatic carbocycles. The molecule has 0 radical (unpaired) electrons. The minimum Gasteiger partial charge on any atom is -0.396 e. The van der Waals surface area contributed by atoms with Crippen LogP contribution in [0.25, 0.3) is 0 Å². The Bertz CT molecular complexity index is 366. The van der Waals surface area contributed by atoms with Gasteiger partial charge >= 0.3 is 0 Å². The van der Waals surface area contributed by atoms with Gasteiger partial charge in [-0.2, -0.15) is 0 Å². The van der Waals surface area contributed by atoms with Gasteiger partial charge < -0.3 is 5.73 Å². The number of hydrogen-bond acceptors (Lipinski definition) is 2. The van der Waals surface area contributed by atoms with E-state index in [1.807, 2.05) is 20.8 Å². The lowest BCUT2D eigenvalue weighted by Gasteiger charge is -2.05. The highest BCUT2D eigenvalue weighted by atomic mass is 35.5. The second-order valence-electron chi connectivity index (χ2n) is 3.00. The Morgan fingerprint density at radius 3 is 2.50 bits per heavy atom. The summed E-state index contributed by atoms with van der Waals surface area (Å²) in [7, 11) is 0. The van der Waals surface area contributed by atoms with Crippen molar-refractivity contribution < 1.29 is 9.18 Å². The molecule has 16 heavy (non-hydrogen) atoms. The summed E-state index contributed by atoms with van der Waals surface area (Å²) in [6.07, 6.45) is 0.934. The molecule has 0 spiro atoms. The van der Waals surface area contributed by atoms with Crippen molar-refractivity contribution in [1.29, 1.82) is 0 Å². The van der Waals surface area contributed by atoms with E-state index in [9.17, 15) is 9.18 Å². The van der Waals surface area contributed by atoms with Crippen molar-refractivity contribution in [3.63, 3.8) is 0 Å². The summed E-state index contributed by atoms with van der Waals surface area (Å²) in [5.41, 5.74) is 5.20. The van der Waals surface area contributed by atoms with Crippen molar-refractivity contribution in [2.75, 3.05) is 5.73 Å². The molecule has 0 bridgehead atoms. The van der Waals surface area contributed by atoms with Gasteiger partial charge in [-0.25, -0.2) is 4.39 Å². The molecule has 0 atom stereocenters. The molecule has 2 nitrogen and oxygen atoms in total. The second-order valence-corrected chi connectivity index (χ2v) is 3.41. The molecule has 0 aliphatic heterocycles. The summed E-state index contributed by atoms with van der Waals surface area (Å²) in [5.74, 6) is -1.02. The van der Waals surface area contributed by atoms with Crippen LogP contribution in [-0.2, 0) is 0 Å². The second kappa shape index (κ2) is 7.23. The number of hydrogen-bond donors (Lipinski definition) is 1. The van der Waals surface area contributed by atoms with Crippen molar-refractivity contribution >= 4 is 23.1 Å². The van der Waals surface area contributed by atoms with E-state index in [0.29, 0.717) is 6.42 Å². The molecule has 0 saturated carbocycles. The van der Waals surface area contributed by atoms with E-state index in [-0.39, 0.29) is 28.5 Å². The van der Waals surface area contributed by atoms with Crippen molar-refractivity contribution in [3.05, 3.63) is 28.5 Å². The van der Waals surface area contributed by atoms with Crippen molar-refractivity contribution in [3.8, 4) is 0 Å². The Hall–Kier alpha value is -1.09. The molecule has 0 aromatic heterocycles. The Balaban J connectivity index is 0.00000106. The molecule has 0 saturated heterocycles. The summed E-state index contributed by atoms with van der Waals surface area (Å²) in [6.45, 7) is 5.84. The predicted molar refractivity (Wildman–Crippen MR) is 66.4 cm³/mol. The first-order valence-electron chi connectivity index (χ1n) is 5.34. The highest BCUT2D eigenvalue weighted by Crippen LogP contribution is 2.25. The van der Waals surface area contributed by atoms with Gasteiger partial charge in [0.15, 0.2) is 11.6 Å². The lowest BCUT2D eigenvalue weighted by Crippen LogP contribution is -2.05. The smallest absolute Gasteiger partial charge is 0.167 e. The van der Waals surface area contributed by atoms with E-state index in [2.05, 4.69) is 0 Å².